The summed E-state index contributed by atoms with van der Waals surface area (Å²) in [7, 11) is 1.50. The lowest BCUT2D eigenvalue weighted by atomic mass is 10.0. The number of carbonyl (C=O) groups is 1. The predicted octanol–water partition coefficient (Wildman–Crippen LogP) is 4.16. The molecule has 0 unspecified atom stereocenters. The summed E-state index contributed by atoms with van der Waals surface area (Å²) in [5.41, 5.74) is 2.50. The molecule has 1 amide bonds. The summed E-state index contributed by atoms with van der Waals surface area (Å²) < 4.78 is 5.01. The van der Waals surface area contributed by atoms with Gasteiger partial charge in [-0.2, -0.15) is 0 Å². The number of hydrogen-bond acceptors (Lipinski definition) is 4. The van der Waals surface area contributed by atoms with Crippen LogP contribution in [-0.4, -0.2) is 42.9 Å². The van der Waals surface area contributed by atoms with Crippen molar-refractivity contribution in [2.24, 2.45) is 5.16 Å². The summed E-state index contributed by atoms with van der Waals surface area (Å²) in [6.07, 6.45) is 0.322. The molecular weight excluding hydrogens is 387 g/mol. The van der Waals surface area contributed by atoms with Crippen molar-refractivity contribution < 1.29 is 14.4 Å². The Hall–Kier alpha value is -2.08. The standard InChI is InChI=1S/C20H20Cl2N2O3/c1-26-13-20(25)24(11-14-6-2-4-8-17(14)21)12-15-10-19(23-27-15)16-7-3-5-9-18(16)22/h2-9,15H,10-13H2,1H3/t15-/m0/s1. The van der Waals surface area contributed by atoms with Gasteiger partial charge < -0.3 is 14.5 Å². The van der Waals surface area contributed by atoms with E-state index in [2.05, 4.69) is 5.16 Å². The van der Waals surface area contributed by atoms with Crippen LogP contribution in [-0.2, 0) is 20.9 Å². The Labute approximate surface area is 168 Å². The maximum atomic E-state index is 12.5. The van der Waals surface area contributed by atoms with E-state index >= 15 is 0 Å². The van der Waals surface area contributed by atoms with Crippen molar-refractivity contribution in [1.29, 1.82) is 0 Å². The highest BCUT2D eigenvalue weighted by atomic mass is 35.5. The maximum absolute atomic E-state index is 12.5. The van der Waals surface area contributed by atoms with Gasteiger partial charge in [-0.05, 0) is 17.7 Å². The fourth-order valence-corrected chi connectivity index (χ4v) is 3.37. The van der Waals surface area contributed by atoms with Crippen molar-refractivity contribution in [3.8, 4) is 0 Å². The Balaban J connectivity index is 1.69. The van der Waals surface area contributed by atoms with Crippen LogP contribution in [0, 0.1) is 0 Å². The monoisotopic (exact) mass is 406 g/mol. The Morgan fingerprint density at radius 1 is 1.19 bits per heavy atom. The summed E-state index contributed by atoms with van der Waals surface area (Å²) in [6, 6.07) is 15.0. The SMILES string of the molecule is COCC(=O)N(Cc1ccccc1Cl)C[C@@H]1CC(c2ccccc2Cl)=NO1. The fourth-order valence-electron chi connectivity index (χ4n) is 2.93. The normalized spacial score (nSPS) is 16.0. The molecular formula is C20H20Cl2N2O3. The number of methoxy groups -OCH3 is 1. The average molecular weight is 407 g/mol. The lowest BCUT2D eigenvalue weighted by Crippen LogP contribution is -2.39. The minimum atomic E-state index is -0.250. The van der Waals surface area contributed by atoms with Gasteiger partial charge in [0.15, 0.2) is 6.10 Å². The lowest BCUT2D eigenvalue weighted by Gasteiger charge is -2.25. The molecule has 0 saturated heterocycles. The molecule has 0 saturated carbocycles. The highest BCUT2D eigenvalue weighted by molar-refractivity contribution is 6.34. The van der Waals surface area contributed by atoms with E-state index in [0.717, 1.165) is 16.8 Å². The molecule has 0 fully saturated rings. The Bertz CT molecular complexity index is 841. The van der Waals surface area contributed by atoms with Crippen molar-refractivity contribution in [2.45, 2.75) is 19.1 Å². The van der Waals surface area contributed by atoms with Crippen LogP contribution in [0.1, 0.15) is 17.5 Å². The van der Waals surface area contributed by atoms with E-state index in [1.54, 1.807) is 11.0 Å². The van der Waals surface area contributed by atoms with Crippen LogP contribution in [0.4, 0.5) is 0 Å². The third-order valence-corrected chi connectivity index (χ3v) is 4.98. The summed E-state index contributed by atoms with van der Waals surface area (Å²) in [5.74, 6) is -0.132. The molecule has 0 aromatic heterocycles. The van der Waals surface area contributed by atoms with E-state index in [1.165, 1.54) is 7.11 Å². The van der Waals surface area contributed by atoms with Crippen LogP contribution in [0.5, 0.6) is 0 Å². The van der Waals surface area contributed by atoms with Gasteiger partial charge in [0.25, 0.3) is 0 Å². The van der Waals surface area contributed by atoms with E-state index in [-0.39, 0.29) is 18.6 Å². The third-order valence-electron chi connectivity index (χ3n) is 4.28. The number of nitrogens with zero attached hydrogens (tertiary/aromatic N) is 2. The number of hydrogen-bond donors (Lipinski definition) is 0. The number of oxime groups is 1. The molecule has 5 nitrogen and oxygen atoms in total. The van der Waals surface area contributed by atoms with Gasteiger partial charge in [-0.3, -0.25) is 4.79 Å². The van der Waals surface area contributed by atoms with Crippen molar-refractivity contribution in [3.63, 3.8) is 0 Å². The van der Waals surface area contributed by atoms with E-state index < -0.39 is 0 Å². The molecule has 3 rings (SSSR count). The van der Waals surface area contributed by atoms with Gasteiger partial charge in [-0.15, -0.1) is 0 Å². The number of amides is 1. The Kier molecular flexibility index (Phi) is 6.72. The zero-order valence-corrected chi connectivity index (χ0v) is 16.4. The van der Waals surface area contributed by atoms with Crippen molar-refractivity contribution >= 4 is 34.8 Å². The second-order valence-electron chi connectivity index (χ2n) is 6.25. The van der Waals surface area contributed by atoms with Crippen LogP contribution in [0.2, 0.25) is 10.0 Å². The first kappa shape index (κ1) is 19.7. The largest absolute Gasteiger partial charge is 0.390 e. The van der Waals surface area contributed by atoms with E-state index in [9.17, 15) is 4.79 Å². The van der Waals surface area contributed by atoms with Crippen molar-refractivity contribution in [1.82, 2.24) is 4.90 Å². The maximum Gasteiger partial charge on any atom is 0.248 e. The molecule has 0 radical (unpaired) electrons. The summed E-state index contributed by atoms with van der Waals surface area (Å²) in [5, 5.41) is 5.42. The topological polar surface area (TPSA) is 51.1 Å². The number of ether oxygens (including phenoxy) is 1. The van der Waals surface area contributed by atoms with Crippen molar-refractivity contribution in [3.05, 3.63) is 69.7 Å². The van der Waals surface area contributed by atoms with Crippen molar-refractivity contribution in [2.75, 3.05) is 20.3 Å². The van der Waals surface area contributed by atoms with Crippen LogP contribution >= 0.6 is 23.2 Å². The number of carbonyl (C=O) groups excluding carboxylic acids is 1. The molecule has 27 heavy (non-hydrogen) atoms. The summed E-state index contributed by atoms with van der Waals surface area (Å²) >= 11 is 12.5. The summed E-state index contributed by atoms with van der Waals surface area (Å²) in [4.78, 5) is 19.7. The average Bonchev–Trinajstić information content (AvgIpc) is 3.12. The summed E-state index contributed by atoms with van der Waals surface area (Å²) in [6.45, 7) is 0.753. The molecule has 2 aromatic rings. The minimum absolute atomic E-state index is 0.00456. The molecule has 2 aromatic carbocycles. The highest BCUT2D eigenvalue weighted by Crippen LogP contribution is 2.24. The van der Waals surface area contributed by atoms with Crippen LogP contribution < -0.4 is 0 Å². The smallest absolute Gasteiger partial charge is 0.248 e. The Morgan fingerprint density at radius 3 is 2.59 bits per heavy atom. The quantitative estimate of drug-likeness (QED) is 0.693. The van der Waals surface area contributed by atoms with Gasteiger partial charge in [0.1, 0.15) is 6.61 Å². The molecule has 142 valence electrons. The van der Waals surface area contributed by atoms with E-state index in [0.29, 0.717) is 29.6 Å². The fraction of sp³-hybridized carbons (Fsp3) is 0.300. The molecule has 0 N–H and O–H groups in total. The first-order valence-corrected chi connectivity index (χ1v) is 9.31. The third kappa shape index (κ3) is 5.01. The number of benzene rings is 2. The number of rotatable bonds is 7. The van der Waals surface area contributed by atoms with E-state index in [4.69, 9.17) is 32.8 Å². The highest BCUT2D eigenvalue weighted by Gasteiger charge is 2.27. The molecule has 7 heteroatoms. The van der Waals surface area contributed by atoms with Gasteiger partial charge in [0, 0.05) is 35.7 Å². The Morgan fingerprint density at radius 2 is 1.89 bits per heavy atom. The second kappa shape index (κ2) is 9.22. The lowest BCUT2D eigenvalue weighted by molar-refractivity contribution is -0.137. The van der Waals surface area contributed by atoms with Crippen LogP contribution in [0.25, 0.3) is 0 Å². The van der Waals surface area contributed by atoms with E-state index in [1.807, 2.05) is 42.5 Å². The van der Waals surface area contributed by atoms with Crippen LogP contribution in [0.15, 0.2) is 53.7 Å². The molecule has 1 atom stereocenters. The second-order valence-corrected chi connectivity index (χ2v) is 7.06. The molecule has 0 bridgehead atoms. The molecule has 0 aliphatic carbocycles. The molecule has 1 heterocycles. The minimum Gasteiger partial charge on any atom is -0.390 e. The van der Waals surface area contributed by atoms with Gasteiger partial charge >= 0.3 is 0 Å². The van der Waals surface area contributed by atoms with Gasteiger partial charge in [0.2, 0.25) is 5.91 Å². The van der Waals surface area contributed by atoms with Crippen LogP contribution in [0.3, 0.4) is 0 Å². The number of halogens is 2. The molecule has 0 spiro atoms. The zero-order chi connectivity index (χ0) is 19.2. The predicted molar refractivity (Wildman–Crippen MR) is 106 cm³/mol. The first-order valence-electron chi connectivity index (χ1n) is 8.56. The van der Waals surface area contributed by atoms with Gasteiger partial charge in [0.05, 0.1) is 12.3 Å². The molecule has 1 aliphatic rings. The first-order chi connectivity index (χ1) is 13.1. The molecule has 1 aliphatic heterocycles. The zero-order valence-electron chi connectivity index (χ0n) is 14.9. The van der Waals surface area contributed by atoms with Gasteiger partial charge in [-0.25, -0.2) is 0 Å². The van der Waals surface area contributed by atoms with Gasteiger partial charge in [-0.1, -0.05) is 64.8 Å².